The summed E-state index contributed by atoms with van der Waals surface area (Å²) < 4.78 is 0. The number of benzene rings is 3. The average molecular weight is 343 g/mol. The minimum atomic E-state index is 0.637. The highest BCUT2D eigenvalue weighted by Gasteiger charge is 2.08. The fourth-order valence-corrected chi connectivity index (χ4v) is 3.06. The minimum absolute atomic E-state index is 0.637. The van der Waals surface area contributed by atoms with Gasteiger partial charge in [-0.15, -0.1) is 0 Å². The second-order valence-electron chi connectivity index (χ2n) is 5.71. The van der Waals surface area contributed by atoms with Crippen LogP contribution in [0.4, 0.5) is 0 Å². The Kier molecular flexibility index (Phi) is 4.28. The Morgan fingerprint density at radius 1 is 0.560 bits per heavy atom. The summed E-state index contributed by atoms with van der Waals surface area (Å²) in [6.07, 6.45) is 3.43. The van der Waals surface area contributed by atoms with Gasteiger partial charge in [0, 0.05) is 18.0 Å². The molecule has 0 aliphatic heterocycles. The normalized spacial score (nSPS) is 10.6. The van der Waals surface area contributed by atoms with Crippen molar-refractivity contribution in [2.45, 2.75) is 0 Å². The molecule has 25 heavy (non-hydrogen) atoms. The maximum absolute atomic E-state index is 6.46. The van der Waals surface area contributed by atoms with E-state index in [1.54, 1.807) is 18.5 Å². The van der Waals surface area contributed by atoms with Crippen LogP contribution in [0.15, 0.2) is 91.3 Å². The van der Waals surface area contributed by atoms with E-state index in [9.17, 15) is 0 Å². The standard InChI is InChI=1S/C22H15ClN2/c23-21-15-19(11-12-20(21)22-24-13-4-14-25-22)18-9-7-17(8-10-18)16-5-2-1-3-6-16/h1-15H. The average Bonchev–Trinajstić information content (AvgIpc) is 2.69. The van der Waals surface area contributed by atoms with Gasteiger partial charge in [0.15, 0.2) is 5.82 Å². The molecule has 1 heterocycles. The monoisotopic (exact) mass is 342 g/mol. The second kappa shape index (κ2) is 6.88. The molecule has 1 aromatic heterocycles. The molecule has 120 valence electrons. The first-order valence-corrected chi connectivity index (χ1v) is 8.42. The van der Waals surface area contributed by atoms with Crippen LogP contribution in [0.3, 0.4) is 0 Å². The zero-order chi connectivity index (χ0) is 17.1. The number of hydrogen-bond donors (Lipinski definition) is 0. The Hall–Kier alpha value is -2.97. The molecule has 0 amide bonds. The van der Waals surface area contributed by atoms with E-state index in [2.05, 4.69) is 52.4 Å². The Morgan fingerprint density at radius 2 is 1.12 bits per heavy atom. The van der Waals surface area contributed by atoms with Gasteiger partial charge in [0.05, 0.1) is 5.02 Å². The van der Waals surface area contributed by atoms with Crippen LogP contribution in [0.1, 0.15) is 0 Å². The summed E-state index contributed by atoms with van der Waals surface area (Å²) in [6.45, 7) is 0. The molecule has 3 heteroatoms. The van der Waals surface area contributed by atoms with Gasteiger partial charge < -0.3 is 0 Å². The van der Waals surface area contributed by atoms with Crippen molar-refractivity contribution in [3.05, 3.63) is 96.3 Å². The number of hydrogen-bond acceptors (Lipinski definition) is 2. The molecule has 0 saturated heterocycles. The van der Waals surface area contributed by atoms with Crippen LogP contribution in [-0.4, -0.2) is 9.97 Å². The van der Waals surface area contributed by atoms with E-state index < -0.39 is 0 Å². The third kappa shape index (κ3) is 3.30. The number of nitrogens with zero attached hydrogens (tertiary/aromatic N) is 2. The summed E-state index contributed by atoms with van der Waals surface area (Å²) in [6, 6.07) is 26.6. The van der Waals surface area contributed by atoms with E-state index >= 15 is 0 Å². The smallest absolute Gasteiger partial charge is 0.160 e. The molecule has 0 bridgehead atoms. The SMILES string of the molecule is Clc1cc(-c2ccc(-c3ccccc3)cc2)ccc1-c1ncccn1. The van der Waals surface area contributed by atoms with E-state index in [-0.39, 0.29) is 0 Å². The Balaban J connectivity index is 1.65. The first-order chi connectivity index (χ1) is 12.3. The zero-order valence-electron chi connectivity index (χ0n) is 13.4. The van der Waals surface area contributed by atoms with Crippen LogP contribution in [0, 0.1) is 0 Å². The van der Waals surface area contributed by atoms with E-state index in [1.807, 2.05) is 30.3 Å². The van der Waals surface area contributed by atoms with Crippen molar-refractivity contribution in [1.82, 2.24) is 9.97 Å². The molecule has 4 aromatic rings. The number of rotatable bonds is 3. The predicted molar refractivity (Wildman–Crippen MR) is 103 cm³/mol. The number of halogens is 1. The van der Waals surface area contributed by atoms with Crippen molar-refractivity contribution in [3.8, 4) is 33.6 Å². The van der Waals surface area contributed by atoms with Crippen LogP contribution in [0.25, 0.3) is 33.6 Å². The lowest BCUT2D eigenvalue weighted by atomic mass is 9.99. The van der Waals surface area contributed by atoms with Crippen LogP contribution in [0.2, 0.25) is 5.02 Å². The molecule has 2 nitrogen and oxygen atoms in total. The predicted octanol–water partition coefficient (Wildman–Crippen LogP) is 6.13. The Labute approximate surface area is 151 Å². The van der Waals surface area contributed by atoms with Gasteiger partial charge in [-0.05, 0) is 40.5 Å². The van der Waals surface area contributed by atoms with E-state index in [4.69, 9.17) is 11.6 Å². The Morgan fingerprint density at radius 3 is 1.76 bits per heavy atom. The summed E-state index contributed by atoms with van der Waals surface area (Å²) in [5.41, 5.74) is 5.45. The number of aromatic nitrogens is 2. The van der Waals surface area contributed by atoms with Gasteiger partial charge in [0.1, 0.15) is 0 Å². The maximum atomic E-state index is 6.46. The van der Waals surface area contributed by atoms with Gasteiger partial charge in [-0.3, -0.25) is 0 Å². The lowest BCUT2D eigenvalue weighted by Crippen LogP contribution is -1.88. The lowest BCUT2D eigenvalue weighted by Gasteiger charge is -2.08. The van der Waals surface area contributed by atoms with Gasteiger partial charge >= 0.3 is 0 Å². The summed E-state index contributed by atoms with van der Waals surface area (Å²) in [5.74, 6) is 0.637. The van der Waals surface area contributed by atoms with Gasteiger partial charge in [-0.2, -0.15) is 0 Å². The molecule has 0 saturated carbocycles. The first kappa shape index (κ1) is 15.6. The Bertz CT molecular complexity index is 981. The molecule has 0 atom stereocenters. The zero-order valence-corrected chi connectivity index (χ0v) is 14.2. The topological polar surface area (TPSA) is 25.8 Å². The fourth-order valence-electron chi connectivity index (χ4n) is 2.80. The quantitative estimate of drug-likeness (QED) is 0.447. The van der Waals surface area contributed by atoms with Crippen molar-refractivity contribution in [1.29, 1.82) is 0 Å². The second-order valence-corrected chi connectivity index (χ2v) is 6.12. The van der Waals surface area contributed by atoms with E-state index in [0.717, 1.165) is 16.7 Å². The van der Waals surface area contributed by atoms with Crippen molar-refractivity contribution in [2.24, 2.45) is 0 Å². The molecular formula is C22H15ClN2. The summed E-state index contributed by atoms with van der Waals surface area (Å²) in [5, 5.41) is 0.649. The van der Waals surface area contributed by atoms with Crippen LogP contribution < -0.4 is 0 Å². The van der Waals surface area contributed by atoms with E-state index in [1.165, 1.54) is 11.1 Å². The molecule has 0 radical (unpaired) electrons. The van der Waals surface area contributed by atoms with Crippen LogP contribution >= 0.6 is 11.6 Å². The highest BCUT2D eigenvalue weighted by Crippen LogP contribution is 2.31. The molecule has 4 rings (SSSR count). The third-order valence-corrected chi connectivity index (χ3v) is 4.41. The summed E-state index contributed by atoms with van der Waals surface area (Å²) in [7, 11) is 0. The molecule has 0 aliphatic rings. The molecule has 0 fully saturated rings. The minimum Gasteiger partial charge on any atom is -0.237 e. The molecule has 3 aromatic carbocycles. The van der Waals surface area contributed by atoms with Crippen molar-refractivity contribution >= 4 is 11.6 Å². The molecular weight excluding hydrogens is 328 g/mol. The highest BCUT2D eigenvalue weighted by atomic mass is 35.5. The van der Waals surface area contributed by atoms with Crippen molar-refractivity contribution < 1.29 is 0 Å². The summed E-state index contributed by atoms with van der Waals surface area (Å²) >= 11 is 6.46. The van der Waals surface area contributed by atoms with Crippen LogP contribution in [-0.2, 0) is 0 Å². The molecule has 0 aliphatic carbocycles. The van der Waals surface area contributed by atoms with Gasteiger partial charge in [0.25, 0.3) is 0 Å². The third-order valence-electron chi connectivity index (χ3n) is 4.10. The lowest BCUT2D eigenvalue weighted by molar-refractivity contribution is 1.18. The van der Waals surface area contributed by atoms with Gasteiger partial charge in [0.2, 0.25) is 0 Å². The molecule has 0 unspecified atom stereocenters. The van der Waals surface area contributed by atoms with Gasteiger partial charge in [-0.1, -0.05) is 72.3 Å². The fraction of sp³-hybridized carbons (Fsp3) is 0. The van der Waals surface area contributed by atoms with Gasteiger partial charge in [-0.25, -0.2) is 9.97 Å². The van der Waals surface area contributed by atoms with Crippen LogP contribution in [0.5, 0.6) is 0 Å². The van der Waals surface area contributed by atoms with Crippen molar-refractivity contribution in [2.75, 3.05) is 0 Å². The van der Waals surface area contributed by atoms with Crippen molar-refractivity contribution in [3.63, 3.8) is 0 Å². The largest absolute Gasteiger partial charge is 0.237 e. The first-order valence-electron chi connectivity index (χ1n) is 8.04. The summed E-state index contributed by atoms with van der Waals surface area (Å²) in [4.78, 5) is 8.52. The highest BCUT2D eigenvalue weighted by molar-refractivity contribution is 6.33. The maximum Gasteiger partial charge on any atom is 0.160 e. The molecule has 0 N–H and O–H groups in total. The van der Waals surface area contributed by atoms with E-state index in [0.29, 0.717) is 10.8 Å². The molecule has 0 spiro atoms.